The summed E-state index contributed by atoms with van der Waals surface area (Å²) in [7, 11) is 2.06. The van der Waals surface area contributed by atoms with Crippen LogP contribution in [-0.2, 0) is 13.5 Å². The summed E-state index contributed by atoms with van der Waals surface area (Å²) in [5, 5.41) is 3.41. The minimum atomic E-state index is 0.652. The Morgan fingerprint density at radius 2 is 2.47 bits per heavy atom. The highest BCUT2D eigenvalue weighted by Gasteiger charge is 2.17. The molecular weight excluding hydrogens is 188 g/mol. The summed E-state index contributed by atoms with van der Waals surface area (Å²) in [4.78, 5) is 6.88. The van der Waals surface area contributed by atoms with Gasteiger partial charge < -0.3 is 9.88 Å². The van der Waals surface area contributed by atoms with Gasteiger partial charge in [-0.05, 0) is 6.92 Å². The highest BCUT2D eigenvalue weighted by molar-refractivity contribution is 4.92. The second-order valence-corrected chi connectivity index (χ2v) is 4.29. The molecule has 0 aromatic carbocycles. The van der Waals surface area contributed by atoms with E-state index in [1.165, 1.54) is 5.82 Å². The largest absolute Gasteiger partial charge is 0.338 e. The quantitative estimate of drug-likeness (QED) is 0.773. The van der Waals surface area contributed by atoms with Gasteiger partial charge in [-0.15, -0.1) is 0 Å². The maximum Gasteiger partial charge on any atom is 0.109 e. The van der Waals surface area contributed by atoms with Gasteiger partial charge in [0.05, 0.1) is 0 Å². The van der Waals surface area contributed by atoms with Crippen molar-refractivity contribution >= 4 is 0 Å². The van der Waals surface area contributed by atoms with E-state index in [1.807, 2.05) is 12.4 Å². The van der Waals surface area contributed by atoms with E-state index in [0.717, 1.165) is 32.6 Å². The topological polar surface area (TPSA) is 33.1 Å². The molecule has 1 saturated heterocycles. The molecule has 0 aliphatic carbocycles. The van der Waals surface area contributed by atoms with Gasteiger partial charge in [0.25, 0.3) is 0 Å². The van der Waals surface area contributed by atoms with Crippen LogP contribution in [0, 0.1) is 0 Å². The molecule has 84 valence electrons. The van der Waals surface area contributed by atoms with Crippen LogP contribution in [0.15, 0.2) is 12.4 Å². The molecule has 1 aliphatic heterocycles. The first-order chi connectivity index (χ1) is 7.27. The molecule has 15 heavy (non-hydrogen) atoms. The molecule has 4 nitrogen and oxygen atoms in total. The first-order valence-electron chi connectivity index (χ1n) is 5.68. The van der Waals surface area contributed by atoms with Gasteiger partial charge in [0.15, 0.2) is 0 Å². The van der Waals surface area contributed by atoms with E-state index < -0.39 is 0 Å². The molecule has 2 rings (SSSR count). The maximum atomic E-state index is 4.35. The van der Waals surface area contributed by atoms with Crippen molar-refractivity contribution in [1.29, 1.82) is 0 Å². The van der Waals surface area contributed by atoms with E-state index in [2.05, 4.69) is 33.7 Å². The number of aromatic nitrogens is 2. The highest BCUT2D eigenvalue weighted by Crippen LogP contribution is 2.04. The van der Waals surface area contributed by atoms with Crippen molar-refractivity contribution in [2.75, 3.05) is 26.2 Å². The zero-order valence-corrected chi connectivity index (χ0v) is 9.61. The predicted octanol–water partition coefficient (Wildman–Crippen LogP) is 0.256. The number of hydrogen-bond donors (Lipinski definition) is 1. The Labute approximate surface area is 91.3 Å². The molecule has 1 N–H and O–H groups in total. The molecule has 0 saturated carbocycles. The lowest BCUT2D eigenvalue weighted by molar-refractivity contribution is 0.174. The minimum Gasteiger partial charge on any atom is -0.338 e. The Morgan fingerprint density at radius 3 is 3.13 bits per heavy atom. The fraction of sp³-hybridized carbons (Fsp3) is 0.727. The number of imidazole rings is 1. The van der Waals surface area contributed by atoms with Gasteiger partial charge in [0.2, 0.25) is 0 Å². The standard InChI is InChI=1S/C11H20N4/c1-10-9-12-4-8-15(10)6-3-11-13-5-7-14(11)2/h5,7,10,12H,3-4,6,8-9H2,1-2H3/t10-/m0/s1. The average molecular weight is 208 g/mol. The highest BCUT2D eigenvalue weighted by atomic mass is 15.2. The number of nitrogens with zero attached hydrogens (tertiary/aromatic N) is 3. The van der Waals surface area contributed by atoms with Crippen molar-refractivity contribution < 1.29 is 0 Å². The number of piperazine rings is 1. The molecule has 1 aromatic rings. The molecule has 0 unspecified atom stereocenters. The number of rotatable bonds is 3. The zero-order valence-electron chi connectivity index (χ0n) is 9.61. The van der Waals surface area contributed by atoms with Crippen LogP contribution in [0.4, 0.5) is 0 Å². The van der Waals surface area contributed by atoms with Crippen molar-refractivity contribution in [1.82, 2.24) is 19.8 Å². The van der Waals surface area contributed by atoms with Crippen LogP contribution < -0.4 is 5.32 Å². The van der Waals surface area contributed by atoms with Gasteiger partial charge in [-0.1, -0.05) is 0 Å². The molecule has 0 bridgehead atoms. The van der Waals surface area contributed by atoms with Gasteiger partial charge in [0, 0.05) is 58.1 Å². The summed E-state index contributed by atoms with van der Waals surface area (Å²) in [6.45, 7) is 6.79. The second-order valence-electron chi connectivity index (χ2n) is 4.29. The maximum absolute atomic E-state index is 4.35. The lowest BCUT2D eigenvalue weighted by atomic mass is 10.2. The van der Waals surface area contributed by atoms with Crippen molar-refractivity contribution in [3.8, 4) is 0 Å². The zero-order chi connectivity index (χ0) is 10.7. The van der Waals surface area contributed by atoms with Gasteiger partial charge in [-0.25, -0.2) is 4.98 Å². The van der Waals surface area contributed by atoms with Gasteiger partial charge in [0.1, 0.15) is 5.82 Å². The number of aryl methyl sites for hydroxylation is 1. The molecule has 4 heteroatoms. The van der Waals surface area contributed by atoms with Gasteiger partial charge in [-0.3, -0.25) is 4.90 Å². The van der Waals surface area contributed by atoms with Crippen LogP contribution in [0.3, 0.4) is 0 Å². The lowest BCUT2D eigenvalue weighted by Crippen LogP contribution is -2.50. The van der Waals surface area contributed by atoms with Crippen molar-refractivity contribution in [3.05, 3.63) is 18.2 Å². The summed E-state index contributed by atoms with van der Waals surface area (Å²) >= 11 is 0. The SMILES string of the molecule is C[C@H]1CNCCN1CCc1nccn1C. The molecule has 2 heterocycles. The molecule has 1 fully saturated rings. The summed E-state index contributed by atoms with van der Waals surface area (Å²) in [6, 6.07) is 0.652. The number of hydrogen-bond acceptors (Lipinski definition) is 3. The van der Waals surface area contributed by atoms with Crippen LogP contribution in [-0.4, -0.2) is 46.7 Å². The smallest absolute Gasteiger partial charge is 0.109 e. The van der Waals surface area contributed by atoms with E-state index in [9.17, 15) is 0 Å². The Kier molecular flexibility index (Phi) is 3.38. The van der Waals surface area contributed by atoms with Crippen LogP contribution >= 0.6 is 0 Å². The van der Waals surface area contributed by atoms with Crippen molar-refractivity contribution in [2.45, 2.75) is 19.4 Å². The predicted molar refractivity (Wildman–Crippen MR) is 60.8 cm³/mol. The molecule has 0 radical (unpaired) electrons. The Morgan fingerprint density at radius 1 is 1.60 bits per heavy atom. The van der Waals surface area contributed by atoms with Gasteiger partial charge >= 0.3 is 0 Å². The monoisotopic (exact) mass is 208 g/mol. The van der Waals surface area contributed by atoms with Crippen LogP contribution in [0.5, 0.6) is 0 Å². The lowest BCUT2D eigenvalue weighted by Gasteiger charge is -2.33. The molecule has 1 aliphatic rings. The fourth-order valence-corrected chi connectivity index (χ4v) is 2.10. The van der Waals surface area contributed by atoms with Crippen molar-refractivity contribution in [3.63, 3.8) is 0 Å². The Bertz CT molecular complexity index is 307. The van der Waals surface area contributed by atoms with Crippen LogP contribution in [0.1, 0.15) is 12.7 Å². The van der Waals surface area contributed by atoms with E-state index >= 15 is 0 Å². The summed E-state index contributed by atoms with van der Waals surface area (Å²) in [5.74, 6) is 1.18. The molecular formula is C11H20N4. The fourth-order valence-electron chi connectivity index (χ4n) is 2.10. The third-order valence-electron chi connectivity index (χ3n) is 3.18. The van der Waals surface area contributed by atoms with E-state index in [-0.39, 0.29) is 0 Å². The second kappa shape index (κ2) is 4.77. The molecule has 0 amide bonds. The molecule has 1 atom stereocenters. The molecule has 0 spiro atoms. The number of nitrogens with one attached hydrogen (secondary N) is 1. The minimum absolute atomic E-state index is 0.652. The summed E-state index contributed by atoms with van der Waals surface area (Å²) < 4.78 is 2.10. The molecule has 1 aromatic heterocycles. The van der Waals surface area contributed by atoms with Crippen molar-refractivity contribution in [2.24, 2.45) is 7.05 Å². The van der Waals surface area contributed by atoms with E-state index in [4.69, 9.17) is 0 Å². The van der Waals surface area contributed by atoms with E-state index in [0.29, 0.717) is 6.04 Å². The Hall–Kier alpha value is -0.870. The normalized spacial score (nSPS) is 23.2. The summed E-state index contributed by atoms with van der Waals surface area (Å²) in [6.07, 6.45) is 4.93. The van der Waals surface area contributed by atoms with Gasteiger partial charge in [-0.2, -0.15) is 0 Å². The van der Waals surface area contributed by atoms with E-state index in [1.54, 1.807) is 0 Å². The first-order valence-corrected chi connectivity index (χ1v) is 5.68. The average Bonchev–Trinajstić information content (AvgIpc) is 2.63. The Balaban J connectivity index is 1.84. The first kappa shape index (κ1) is 10.6. The summed E-state index contributed by atoms with van der Waals surface area (Å²) in [5.41, 5.74) is 0. The third-order valence-corrected chi connectivity index (χ3v) is 3.18. The van der Waals surface area contributed by atoms with Crippen LogP contribution in [0.25, 0.3) is 0 Å². The van der Waals surface area contributed by atoms with Crippen LogP contribution in [0.2, 0.25) is 0 Å². The third kappa shape index (κ3) is 2.58.